The molecular weight excluding hydrogens is 527 g/mol. The van der Waals surface area contributed by atoms with E-state index in [9.17, 15) is 12.8 Å². The Morgan fingerprint density at radius 2 is 2.03 bits per heavy atom. The number of aromatic amines is 1. The van der Waals surface area contributed by atoms with Crippen molar-refractivity contribution in [3.8, 4) is 5.75 Å². The number of morpholine rings is 1. The highest BCUT2D eigenvalue weighted by atomic mass is 32.2. The Morgan fingerprint density at radius 1 is 1.23 bits per heavy atom. The van der Waals surface area contributed by atoms with Crippen molar-refractivity contribution in [2.75, 3.05) is 66.6 Å². The summed E-state index contributed by atoms with van der Waals surface area (Å²) in [4.78, 5) is 18.2. The summed E-state index contributed by atoms with van der Waals surface area (Å²) in [7, 11) is -0.521. The summed E-state index contributed by atoms with van der Waals surface area (Å²) in [6.07, 6.45) is 3.82. The van der Waals surface area contributed by atoms with E-state index in [1.165, 1.54) is 19.4 Å². The van der Waals surface area contributed by atoms with Gasteiger partial charge in [0.05, 0.1) is 37.7 Å². The number of halogens is 1. The van der Waals surface area contributed by atoms with Gasteiger partial charge in [-0.2, -0.15) is 9.97 Å². The van der Waals surface area contributed by atoms with Crippen LogP contribution in [0.15, 0.2) is 42.7 Å². The molecule has 4 aromatic rings. The van der Waals surface area contributed by atoms with Gasteiger partial charge in [0.2, 0.25) is 16.0 Å². The van der Waals surface area contributed by atoms with Gasteiger partial charge in [-0.25, -0.2) is 17.8 Å². The summed E-state index contributed by atoms with van der Waals surface area (Å²) < 4.78 is 51.0. The maximum Gasteiger partial charge on any atom is 0.233 e. The minimum absolute atomic E-state index is 0.136. The van der Waals surface area contributed by atoms with E-state index in [4.69, 9.17) is 9.47 Å². The first kappa shape index (κ1) is 26.4. The third-order valence-electron chi connectivity index (χ3n) is 6.40. The van der Waals surface area contributed by atoms with E-state index in [-0.39, 0.29) is 35.2 Å². The molecule has 0 amide bonds. The van der Waals surface area contributed by atoms with Gasteiger partial charge in [0, 0.05) is 56.4 Å². The van der Waals surface area contributed by atoms with Gasteiger partial charge in [-0.05, 0) is 18.2 Å². The summed E-state index contributed by atoms with van der Waals surface area (Å²) in [6, 6.07) is 9.22. The molecule has 1 aliphatic heterocycles. The Bertz CT molecular complexity index is 1590. The zero-order valence-corrected chi connectivity index (χ0v) is 22.5. The van der Waals surface area contributed by atoms with Crippen LogP contribution in [0.1, 0.15) is 5.56 Å². The van der Waals surface area contributed by atoms with Crippen molar-refractivity contribution in [3.05, 3.63) is 54.1 Å². The molecule has 0 radical (unpaired) electrons. The number of hydrogen-bond acceptors (Lipinski definition) is 10. The lowest BCUT2D eigenvalue weighted by atomic mass is 10.2. The van der Waals surface area contributed by atoms with Crippen molar-refractivity contribution in [2.24, 2.45) is 0 Å². The molecule has 4 heterocycles. The number of nitrogens with zero attached hydrogens (tertiary/aromatic N) is 5. The van der Waals surface area contributed by atoms with Crippen LogP contribution in [0.2, 0.25) is 0 Å². The molecule has 1 saturated heterocycles. The van der Waals surface area contributed by atoms with E-state index in [1.54, 1.807) is 19.2 Å². The molecule has 1 fully saturated rings. The number of aromatic nitrogens is 4. The first-order valence-electron chi connectivity index (χ1n) is 12.2. The smallest absolute Gasteiger partial charge is 0.233 e. The average Bonchev–Trinajstić information content (AvgIpc) is 3.32. The number of H-pyrrole nitrogens is 1. The van der Waals surface area contributed by atoms with Gasteiger partial charge in [0.15, 0.2) is 5.82 Å². The number of ether oxygens (including phenoxy) is 2. The van der Waals surface area contributed by atoms with Gasteiger partial charge >= 0.3 is 0 Å². The average molecular weight is 557 g/mol. The molecule has 14 heteroatoms. The lowest BCUT2D eigenvalue weighted by Crippen LogP contribution is -2.36. The number of nitrogens with one attached hydrogen (secondary N) is 3. The number of pyridine rings is 1. The van der Waals surface area contributed by atoms with Crippen molar-refractivity contribution >= 4 is 50.0 Å². The highest BCUT2D eigenvalue weighted by Crippen LogP contribution is 2.33. The van der Waals surface area contributed by atoms with Crippen molar-refractivity contribution in [1.29, 1.82) is 0 Å². The van der Waals surface area contributed by atoms with Crippen LogP contribution in [0.4, 0.5) is 33.3 Å². The van der Waals surface area contributed by atoms with E-state index < -0.39 is 15.8 Å². The van der Waals surface area contributed by atoms with E-state index in [2.05, 4.69) is 35.5 Å². The Hall–Kier alpha value is -4.17. The normalized spacial score (nSPS) is 13.9. The first-order chi connectivity index (χ1) is 18.7. The molecule has 5 rings (SSSR count). The number of hydrogen-bond donors (Lipinski definition) is 3. The van der Waals surface area contributed by atoms with E-state index in [0.717, 1.165) is 29.3 Å². The number of anilines is 5. The fraction of sp³-hybridized carbons (Fsp3) is 0.320. The summed E-state index contributed by atoms with van der Waals surface area (Å²) >= 11 is 0. The molecule has 1 aliphatic rings. The second kappa shape index (κ2) is 10.9. The maximum atomic E-state index is 14.7. The summed E-state index contributed by atoms with van der Waals surface area (Å²) in [5.74, 6) is 0.770. The molecule has 0 unspecified atom stereocenters. The molecule has 206 valence electrons. The fourth-order valence-electron chi connectivity index (χ4n) is 4.29. The van der Waals surface area contributed by atoms with Crippen molar-refractivity contribution in [3.63, 3.8) is 0 Å². The second-order valence-corrected chi connectivity index (χ2v) is 10.9. The largest absolute Gasteiger partial charge is 0.494 e. The summed E-state index contributed by atoms with van der Waals surface area (Å²) in [5, 5.41) is 6.47. The number of rotatable bonds is 9. The lowest BCUT2D eigenvalue weighted by molar-refractivity contribution is 0.122. The molecule has 1 aromatic carbocycles. The standard InChI is InChI=1S/C25H29FN8O4S/c1-33(39(3,35)36)24-16(5-4-8-27-24)14-28-22-21-18(26)15-29-23(21)32-25(31-22)30-19-7-6-17(13-20(19)37-2)34-9-11-38-12-10-34/h4-8,13,15H,9-12,14H2,1-3H3,(H3,28,29,30,31,32). The molecule has 0 bridgehead atoms. The zero-order valence-electron chi connectivity index (χ0n) is 21.7. The van der Waals surface area contributed by atoms with Crippen LogP contribution in [-0.4, -0.2) is 75.1 Å². The van der Waals surface area contributed by atoms with Gasteiger partial charge in [-0.15, -0.1) is 0 Å². The van der Waals surface area contributed by atoms with Gasteiger partial charge in [-0.3, -0.25) is 4.31 Å². The molecule has 0 saturated carbocycles. The molecule has 3 N–H and O–H groups in total. The minimum Gasteiger partial charge on any atom is -0.494 e. The Morgan fingerprint density at radius 3 is 2.77 bits per heavy atom. The SMILES string of the molecule is COc1cc(N2CCOCC2)ccc1Nc1nc(NCc2cccnc2N(C)S(C)(=O)=O)c2c(F)c[nH]c2n1. The van der Waals surface area contributed by atoms with Crippen LogP contribution >= 0.6 is 0 Å². The number of fused-ring (bicyclic) bond motifs is 1. The maximum absolute atomic E-state index is 14.7. The quantitative estimate of drug-likeness (QED) is 0.282. The second-order valence-electron chi connectivity index (χ2n) is 8.94. The Kier molecular flexibility index (Phi) is 7.39. The van der Waals surface area contributed by atoms with Crippen molar-refractivity contribution in [2.45, 2.75) is 6.54 Å². The van der Waals surface area contributed by atoms with Crippen LogP contribution in [0.5, 0.6) is 5.75 Å². The van der Waals surface area contributed by atoms with Gasteiger partial charge in [0.1, 0.15) is 23.0 Å². The van der Waals surface area contributed by atoms with Gasteiger partial charge < -0.3 is 30.0 Å². The van der Waals surface area contributed by atoms with Crippen LogP contribution in [0, 0.1) is 5.82 Å². The van der Waals surface area contributed by atoms with E-state index in [0.29, 0.717) is 30.2 Å². The topological polar surface area (TPSA) is 138 Å². The molecule has 0 aliphatic carbocycles. The van der Waals surface area contributed by atoms with Gasteiger partial charge in [-0.1, -0.05) is 6.07 Å². The van der Waals surface area contributed by atoms with Gasteiger partial charge in [0.25, 0.3) is 0 Å². The Balaban J connectivity index is 1.43. The number of methoxy groups -OCH3 is 1. The summed E-state index contributed by atoms with van der Waals surface area (Å²) in [6.45, 7) is 3.06. The molecule has 3 aromatic heterocycles. The third kappa shape index (κ3) is 5.66. The Labute approximate surface area is 225 Å². The zero-order chi connectivity index (χ0) is 27.6. The third-order valence-corrected chi connectivity index (χ3v) is 7.57. The summed E-state index contributed by atoms with van der Waals surface area (Å²) in [5.41, 5.74) is 2.52. The fourth-order valence-corrected chi connectivity index (χ4v) is 4.77. The van der Waals surface area contributed by atoms with Crippen LogP contribution in [0.25, 0.3) is 11.0 Å². The van der Waals surface area contributed by atoms with Crippen LogP contribution < -0.4 is 24.6 Å². The molecule has 0 atom stereocenters. The van der Waals surface area contributed by atoms with Crippen molar-refractivity contribution in [1.82, 2.24) is 19.9 Å². The first-order valence-corrected chi connectivity index (χ1v) is 14.0. The van der Waals surface area contributed by atoms with Crippen LogP contribution in [-0.2, 0) is 21.3 Å². The predicted octanol–water partition coefficient (Wildman–Crippen LogP) is 3.09. The van der Waals surface area contributed by atoms with E-state index in [1.807, 2.05) is 18.2 Å². The predicted molar refractivity (Wildman–Crippen MR) is 148 cm³/mol. The van der Waals surface area contributed by atoms with E-state index >= 15 is 0 Å². The van der Waals surface area contributed by atoms with Crippen molar-refractivity contribution < 1.29 is 22.3 Å². The van der Waals surface area contributed by atoms with Crippen LogP contribution in [0.3, 0.4) is 0 Å². The number of sulfonamides is 1. The lowest BCUT2D eigenvalue weighted by Gasteiger charge is -2.29. The minimum atomic E-state index is -3.53. The molecular formula is C25H29FN8O4S. The monoisotopic (exact) mass is 556 g/mol. The molecule has 12 nitrogen and oxygen atoms in total. The number of benzene rings is 1. The highest BCUT2D eigenvalue weighted by Gasteiger charge is 2.20. The molecule has 0 spiro atoms. The highest BCUT2D eigenvalue weighted by molar-refractivity contribution is 7.92. The molecule has 39 heavy (non-hydrogen) atoms.